The summed E-state index contributed by atoms with van der Waals surface area (Å²) in [6.45, 7) is 0. The molecular weight excluding hydrogens is 272 g/mol. The summed E-state index contributed by atoms with van der Waals surface area (Å²) in [6.07, 6.45) is 5.91. The van der Waals surface area contributed by atoms with Gasteiger partial charge in [0.05, 0.1) is 5.60 Å². The summed E-state index contributed by atoms with van der Waals surface area (Å²) >= 11 is 0. The zero-order valence-corrected chi connectivity index (χ0v) is 12.7. The number of hydrogen-bond acceptors (Lipinski definition) is 2. The second-order valence-electron chi connectivity index (χ2n) is 7.85. The second-order valence-corrected chi connectivity index (χ2v) is 7.85. The van der Waals surface area contributed by atoms with Crippen LogP contribution in [0, 0.1) is 23.7 Å². The molecule has 2 aromatic rings. The van der Waals surface area contributed by atoms with Crippen LogP contribution < -0.4 is 0 Å². The molecule has 4 saturated carbocycles. The van der Waals surface area contributed by atoms with E-state index in [1.807, 2.05) is 30.3 Å². The molecule has 6 rings (SSSR count). The number of fused-ring (bicyclic) bond motifs is 1. The molecule has 0 aliphatic heterocycles. The van der Waals surface area contributed by atoms with Crippen molar-refractivity contribution >= 4 is 10.8 Å². The van der Waals surface area contributed by atoms with Gasteiger partial charge in [0, 0.05) is 5.56 Å². The van der Waals surface area contributed by atoms with E-state index < -0.39 is 5.60 Å². The summed E-state index contributed by atoms with van der Waals surface area (Å²) in [5, 5.41) is 24.4. The zero-order chi connectivity index (χ0) is 14.9. The summed E-state index contributed by atoms with van der Waals surface area (Å²) in [4.78, 5) is 0. The predicted octanol–water partition coefficient (Wildman–Crippen LogP) is 4.19. The Morgan fingerprint density at radius 3 is 1.95 bits per heavy atom. The molecule has 0 spiro atoms. The van der Waals surface area contributed by atoms with Gasteiger partial charge in [-0.3, -0.25) is 0 Å². The highest BCUT2D eigenvalue weighted by molar-refractivity contribution is 5.85. The highest BCUT2D eigenvalue weighted by atomic mass is 16.3. The number of phenolic OH excluding ortho intramolecular Hbond substituents is 1. The van der Waals surface area contributed by atoms with Crippen molar-refractivity contribution in [3.05, 3.63) is 42.0 Å². The standard InChI is InChI=1S/C20H22O2/c21-19-11-15-4-2-1-3-14(15)10-18(19)20(22)16-6-12-5-13(8-16)9-17(20)7-12/h1-4,10-13,16-17,21-22H,5-9H2. The van der Waals surface area contributed by atoms with Crippen molar-refractivity contribution in [1.82, 2.24) is 0 Å². The van der Waals surface area contributed by atoms with E-state index in [0.29, 0.717) is 11.8 Å². The van der Waals surface area contributed by atoms with Gasteiger partial charge in [0.15, 0.2) is 0 Å². The monoisotopic (exact) mass is 294 g/mol. The molecule has 0 aromatic heterocycles. The van der Waals surface area contributed by atoms with Crippen LogP contribution in [0.15, 0.2) is 36.4 Å². The Bertz CT molecular complexity index is 720. The Labute approximate surface area is 130 Å². The van der Waals surface area contributed by atoms with Crippen molar-refractivity contribution < 1.29 is 10.2 Å². The van der Waals surface area contributed by atoms with Crippen molar-refractivity contribution in [3.8, 4) is 5.75 Å². The molecule has 2 nitrogen and oxygen atoms in total. The van der Waals surface area contributed by atoms with Gasteiger partial charge in [-0.25, -0.2) is 0 Å². The van der Waals surface area contributed by atoms with Crippen LogP contribution in [0.2, 0.25) is 0 Å². The maximum absolute atomic E-state index is 11.6. The molecular formula is C20H22O2. The smallest absolute Gasteiger partial charge is 0.122 e. The highest BCUT2D eigenvalue weighted by Gasteiger charge is 2.57. The van der Waals surface area contributed by atoms with E-state index in [-0.39, 0.29) is 5.75 Å². The third kappa shape index (κ3) is 1.59. The molecule has 4 bridgehead atoms. The summed E-state index contributed by atoms with van der Waals surface area (Å²) in [6, 6.07) is 11.9. The average molecular weight is 294 g/mol. The lowest BCUT2D eigenvalue weighted by molar-refractivity contribution is -0.180. The number of rotatable bonds is 1. The second kappa shape index (κ2) is 4.26. The summed E-state index contributed by atoms with van der Waals surface area (Å²) in [7, 11) is 0. The fourth-order valence-corrected chi connectivity index (χ4v) is 5.89. The Kier molecular flexibility index (Phi) is 2.51. The predicted molar refractivity (Wildman–Crippen MR) is 86.6 cm³/mol. The quantitative estimate of drug-likeness (QED) is 0.828. The molecule has 4 aliphatic rings. The fraction of sp³-hybridized carbons (Fsp3) is 0.500. The van der Waals surface area contributed by atoms with Crippen molar-refractivity contribution in [3.63, 3.8) is 0 Å². The maximum Gasteiger partial charge on any atom is 0.122 e. The first-order valence-electron chi connectivity index (χ1n) is 8.59. The number of phenols is 1. The van der Waals surface area contributed by atoms with Gasteiger partial charge in [-0.2, -0.15) is 0 Å². The Morgan fingerprint density at radius 2 is 1.36 bits per heavy atom. The third-order valence-corrected chi connectivity index (χ3v) is 6.68. The Morgan fingerprint density at radius 1 is 0.818 bits per heavy atom. The molecule has 4 fully saturated rings. The van der Waals surface area contributed by atoms with Crippen molar-refractivity contribution in [2.45, 2.75) is 37.7 Å². The van der Waals surface area contributed by atoms with Gasteiger partial charge in [0.2, 0.25) is 0 Å². The lowest BCUT2D eigenvalue weighted by atomic mass is 9.48. The van der Waals surface area contributed by atoms with Gasteiger partial charge in [-0.1, -0.05) is 24.3 Å². The number of hydrogen-bond donors (Lipinski definition) is 2. The van der Waals surface area contributed by atoms with Crippen LogP contribution in [0.1, 0.15) is 37.7 Å². The average Bonchev–Trinajstić information content (AvgIpc) is 2.51. The van der Waals surface area contributed by atoms with E-state index in [9.17, 15) is 10.2 Å². The third-order valence-electron chi connectivity index (χ3n) is 6.68. The number of benzene rings is 2. The molecule has 2 heteroatoms. The molecule has 2 N–H and O–H groups in total. The first kappa shape index (κ1) is 13.0. The molecule has 0 radical (unpaired) electrons. The number of aromatic hydroxyl groups is 1. The van der Waals surface area contributed by atoms with E-state index >= 15 is 0 Å². The van der Waals surface area contributed by atoms with Gasteiger partial charge < -0.3 is 10.2 Å². The molecule has 0 saturated heterocycles. The fourth-order valence-electron chi connectivity index (χ4n) is 5.89. The normalized spacial score (nSPS) is 39.5. The molecule has 0 unspecified atom stereocenters. The van der Waals surface area contributed by atoms with Gasteiger partial charge in [-0.15, -0.1) is 0 Å². The number of aliphatic hydroxyl groups is 1. The Hall–Kier alpha value is -1.54. The van der Waals surface area contributed by atoms with E-state index in [1.165, 1.54) is 6.42 Å². The minimum absolute atomic E-state index is 0.272. The van der Waals surface area contributed by atoms with Crippen LogP contribution >= 0.6 is 0 Å². The molecule has 114 valence electrons. The largest absolute Gasteiger partial charge is 0.508 e. The van der Waals surface area contributed by atoms with Crippen LogP contribution in [-0.4, -0.2) is 10.2 Å². The minimum atomic E-state index is -0.818. The lowest BCUT2D eigenvalue weighted by Crippen LogP contribution is -2.55. The zero-order valence-electron chi connectivity index (χ0n) is 12.7. The Balaban J connectivity index is 1.68. The summed E-state index contributed by atoms with van der Waals surface area (Å²) in [5.74, 6) is 2.55. The van der Waals surface area contributed by atoms with Crippen LogP contribution in [0.5, 0.6) is 5.75 Å². The van der Waals surface area contributed by atoms with E-state index in [1.54, 1.807) is 0 Å². The van der Waals surface area contributed by atoms with Crippen LogP contribution in [0.25, 0.3) is 10.8 Å². The topological polar surface area (TPSA) is 40.5 Å². The van der Waals surface area contributed by atoms with E-state index in [4.69, 9.17) is 0 Å². The first-order chi connectivity index (χ1) is 10.6. The molecule has 0 amide bonds. The molecule has 4 aliphatic carbocycles. The van der Waals surface area contributed by atoms with Gasteiger partial charge in [0.1, 0.15) is 5.75 Å². The maximum atomic E-state index is 11.6. The molecule has 0 atom stereocenters. The molecule has 22 heavy (non-hydrogen) atoms. The first-order valence-corrected chi connectivity index (χ1v) is 8.59. The molecule has 2 aromatic carbocycles. The van der Waals surface area contributed by atoms with Crippen molar-refractivity contribution in [2.75, 3.05) is 0 Å². The van der Waals surface area contributed by atoms with Crippen LogP contribution in [0.4, 0.5) is 0 Å². The van der Waals surface area contributed by atoms with E-state index in [2.05, 4.69) is 6.07 Å². The summed E-state index contributed by atoms with van der Waals surface area (Å²) in [5.41, 5.74) is -0.0401. The minimum Gasteiger partial charge on any atom is -0.508 e. The lowest BCUT2D eigenvalue weighted by Gasteiger charge is -2.59. The van der Waals surface area contributed by atoms with Crippen molar-refractivity contribution in [2.24, 2.45) is 23.7 Å². The van der Waals surface area contributed by atoms with Crippen LogP contribution in [0.3, 0.4) is 0 Å². The summed E-state index contributed by atoms with van der Waals surface area (Å²) < 4.78 is 0. The van der Waals surface area contributed by atoms with Gasteiger partial charge in [0.25, 0.3) is 0 Å². The highest BCUT2D eigenvalue weighted by Crippen LogP contribution is 2.62. The van der Waals surface area contributed by atoms with E-state index in [0.717, 1.165) is 53.9 Å². The molecule has 0 heterocycles. The van der Waals surface area contributed by atoms with Gasteiger partial charge >= 0.3 is 0 Å². The van der Waals surface area contributed by atoms with Crippen LogP contribution in [-0.2, 0) is 5.60 Å². The van der Waals surface area contributed by atoms with Crippen molar-refractivity contribution in [1.29, 1.82) is 0 Å². The van der Waals surface area contributed by atoms with Gasteiger partial charge in [-0.05, 0) is 78.7 Å². The SMILES string of the molecule is Oc1cc2ccccc2cc1C1(O)C2CC3CC(C2)CC1C3.